The topological polar surface area (TPSA) is 67.2 Å². The van der Waals surface area contributed by atoms with Gasteiger partial charge in [0.1, 0.15) is 0 Å². The number of ketones is 1. The lowest BCUT2D eigenvalue weighted by Gasteiger charge is -2.03. The van der Waals surface area contributed by atoms with Crippen molar-refractivity contribution in [2.24, 2.45) is 0 Å². The smallest absolute Gasteiger partial charge is 0.306 e. The minimum absolute atomic E-state index is 0.168. The van der Waals surface area contributed by atoms with Crippen molar-refractivity contribution in [1.29, 1.82) is 5.26 Å². The Morgan fingerprint density at radius 3 is 2.56 bits per heavy atom. The number of nitrogens with zero attached hydrogens (tertiary/aromatic N) is 1. The van der Waals surface area contributed by atoms with E-state index in [-0.39, 0.29) is 18.8 Å². The van der Waals surface area contributed by atoms with Crippen molar-refractivity contribution in [3.63, 3.8) is 0 Å². The first-order valence-electron chi connectivity index (χ1n) is 5.45. The van der Waals surface area contributed by atoms with Crippen molar-refractivity contribution >= 4 is 27.7 Å². The molecule has 0 atom stereocenters. The van der Waals surface area contributed by atoms with Crippen LogP contribution in [0.1, 0.15) is 29.6 Å². The summed E-state index contributed by atoms with van der Waals surface area (Å²) in [4.78, 5) is 22.9. The lowest BCUT2D eigenvalue weighted by atomic mass is 10.1. The number of unbranched alkanes of at least 4 members (excludes halogenated alkanes) is 1. The first-order chi connectivity index (χ1) is 8.63. The molecule has 0 saturated carbocycles. The third-order valence-corrected chi connectivity index (χ3v) is 2.73. The summed E-state index contributed by atoms with van der Waals surface area (Å²) in [6.07, 6.45) is 0.943. The molecule has 0 amide bonds. The number of esters is 1. The highest BCUT2D eigenvalue weighted by Crippen LogP contribution is 2.11. The van der Waals surface area contributed by atoms with Gasteiger partial charge in [-0.05, 0) is 18.6 Å². The largest absolute Gasteiger partial charge is 0.457 e. The number of nitriles is 1. The highest BCUT2D eigenvalue weighted by molar-refractivity contribution is 9.10. The summed E-state index contributed by atoms with van der Waals surface area (Å²) in [6, 6.07) is 8.77. The Bertz CT molecular complexity index is 462. The van der Waals surface area contributed by atoms with Crippen LogP contribution in [0, 0.1) is 11.3 Å². The molecule has 0 N–H and O–H groups in total. The summed E-state index contributed by atoms with van der Waals surface area (Å²) < 4.78 is 5.71. The maximum atomic E-state index is 11.6. The summed E-state index contributed by atoms with van der Waals surface area (Å²) in [6.45, 7) is -0.257. The van der Waals surface area contributed by atoms with Crippen LogP contribution >= 0.6 is 15.9 Å². The zero-order valence-corrected chi connectivity index (χ0v) is 11.3. The lowest BCUT2D eigenvalue weighted by Crippen LogP contribution is -2.13. The van der Waals surface area contributed by atoms with Crippen LogP contribution in [0.4, 0.5) is 0 Å². The first kappa shape index (κ1) is 14.4. The van der Waals surface area contributed by atoms with Crippen LogP contribution < -0.4 is 0 Å². The fraction of sp³-hybridized carbons (Fsp3) is 0.308. The molecular weight excluding hydrogens is 298 g/mol. The Labute approximate surface area is 114 Å². The molecule has 94 valence electrons. The Kier molecular flexibility index (Phi) is 6.09. The minimum Gasteiger partial charge on any atom is -0.457 e. The van der Waals surface area contributed by atoms with Crippen molar-refractivity contribution in [3.05, 3.63) is 34.3 Å². The molecule has 0 aromatic heterocycles. The van der Waals surface area contributed by atoms with Gasteiger partial charge in [-0.25, -0.2) is 0 Å². The van der Waals surface area contributed by atoms with Crippen molar-refractivity contribution in [2.75, 3.05) is 6.61 Å². The third kappa shape index (κ3) is 5.11. The molecular formula is C13H12BrNO3. The maximum Gasteiger partial charge on any atom is 0.306 e. The molecule has 0 heterocycles. The van der Waals surface area contributed by atoms with Gasteiger partial charge < -0.3 is 4.74 Å². The predicted octanol–water partition coefficient (Wildman–Crippen LogP) is 2.87. The van der Waals surface area contributed by atoms with E-state index in [2.05, 4.69) is 15.9 Å². The van der Waals surface area contributed by atoms with E-state index in [1.165, 1.54) is 0 Å². The van der Waals surface area contributed by atoms with E-state index in [9.17, 15) is 9.59 Å². The molecule has 0 spiro atoms. The predicted molar refractivity (Wildman–Crippen MR) is 68.9 cm³/mol. The van der Waals surface area contributed by atoms with Gasteiger partial charge in [-0.1, -0.05) is 28.1 Å². The lowest BCUT2D eigenvalue weighted by molar-refractivity contribution is -0.142. The highest BCUT2D eigenvalue weighted by Gasteiger charge is 2.09. The molecule has 0 saturated heterocycles. The number of Topliss-reactive ketones (excluding diaryl/α,β-unsaturated/α-hetero) is 1. The molecule has 5 heteroatoms. The van der Waals surface area contributed by atoms with E-state index < -0.39 is 5.97 Å². The fourth-order valence-corrected chi connectivity index (χ4v) is 1.51. The molecule has 1 aromatic carbocycles. The van der Waals surface area contributed by atoms with E-state index in [4.69, 9.17) is 10.00 Å². The number of benzene rings is 1. The Morgan fingerprint density at radius 2 is 1.94 bits per heavy atom. The Morgan fingerprint density at radius 1 is 1.28 bits per heavy atom. The average molecular weight is 310 g/mol. The van der Waals surface area contributed by atoms with Crippen molar-refractivity contribution in [1.82, 2.24) is 0 Å². The number of hydrogen-bond donors (Lipinski definition) is 0. The maximum absolute atomic E-state index is 11.6. The standard InChI is InChI=1S/C13H12BrNO3/c14-11-6-4-10(5-7-11)12(16)9-18-13(17)3-1-2-8-15/h4-7H,1-3,9H2. The molecule has 4 nitrogen and oxygen atoms in total. The van der Waals surface area contributed by atoms with Gasteiger partial charge in [-0.15, -0.1) is 0 Å². The van der Waals surface area contributed by atoms with Gasteiger partial charge in [0, 0.05) is 22.9 Å². The summed E-state index contributed by atoms with van der Waals surface area (Å²) in [5.74, 6) is -0.688. The van der Waals surface area contributed by atoms with Crippen LogP contribution in [-0.2, 0) is 9.53 Å². The van der Waals surface area contributed by atoms with Gasteiger partial charge in [0.2, 0.25) is 0 Å². The van der Waals surface area contributed by atoms with Crippen LogP contribution in [0.2, 0.25) is 0 Å². The van der Waals surface area contributed by atoms with Crippen LogP contribution in [0.25, 0.3) is 0 Å². The second kappa shape index (κ2) is 7.62. The highest BCUT2D eigenvalue weighted by atomic mass is 79.9. The molecule has 0 aliphatic carbocycles. The first-order valence-corrected chi connectivity index (χ1v) is 6.24. The normalized spacial score (nSPS) is 9.56. The summed E-state index contributed by atoms with van der Waals surface area (Å²) in [5.41, 5.74) is 0.503. The van der Waals surface area contributed by atoms with E-state index in [0.29, 0.717) is 18.4 Å². The summed E-state index contributed by atoms with van der Waals surface area (Å²) in [5, 5.41) is 8.31. The quantitative estimate of drug-likeness (QED) is 0.460. The molecule has 0 aliphatic heterocycles. The van der Waals surface area contributed by atoms with Crippen molar-refractivity contribution < 1.29 is 14.3 Å². The number of carbonyl (C=O) groups is 2. The van der Waals surface area contributed by atoms with Crippen molar-refractivity contribution in [2.45, 2.75) is 19.3 Å². The van der Waals surface area contributed by atoms with Crippen LogP contribution in [0.15, 0.2) is 28.7 Å². The van der Waals surface area contributed by atoms with Gasteiger partial charge in [0.25, 0.3) is 0 Å². The van der Waals surface area contributed by atoms with Gasteiger partial charge in [0.15, 0.2) is 12.4 Å². The third-order valence-electron chi connectivity index (χ3n) is 2.20. The van der Waals surface area contributed by atoms with E-state index in [1.807, 2.05) is 6.07 Å². The summed E-state index contributed by atoms with van der Waals surface area (Å²) >= 11 is 3.27. The molecule has 0 bridgehead atoms. The van der Waals surface area contributed by atoms with Crippen LogP contribution in [-0.4, -0.2) is 18.4 Å². The average Bonchev–Trinajstić information content (AvgIpc) is 2.37. The second-order valence-electron chi connectivity index (χ2n) is 3.60. The zero-order chi connectivity index (χ0) is 13.4. The van der Waals surface area contributed by atoms with Gasteiger partial charge >= 0.3 is 5.97 Å². The Hall–Kier alpha value is -1.67. The second-order valence-corrected chi connectivity index (χ2v) is 4.52. The number of carbonyl (C=O) groups excluding carboxylic acids is 2. The number of rotatable bonds is 6. The number of hydrogen-bond acceptors (Lipinski definition) is 4. The van der Waals surface area contributed by atoms with Crippen LogP contribution in [0.3, 0.4) is 0 Å². The van der Waals surface area contributed by atoms with E-state index in [1.54, 1.807) is 24.3 Å². The molecule has 0 fully saturated rings. The zero-order valence-electron chi connectivity index (χ0n) is 9.69. The Balaban J connectivity index is 2.35. The van der Waals surface area contributed by atoms with E-state index >= 15 is 0 Å². The van der Waals surface area contributed by atoms with Crippen molar-refractivity contribution in [3.8, 4) is 6.07 Å². The van der Waals surface area contributed by atoms with Crippen LogP contribution in [0.5, 0.6) is 0 Å². The van der Waals surface area contributed by atoms with E-state index in [0.717, 1.165) is 4.47 Å². The summed E-state index contributed by atoms with van der Waals surface area (Å²) in [7, 11) is 0. The SMILES string of the molecule is N#CCCCC(=O)OCC(=O)c1ccc(Br)cc1. The molecule has 18 heavy (non-hydrogen) atoms. The monoisotopic (exact) mass is 309 g/mol. The minimum atomic E-state index is -0.448. The van der Waals surface area contributed by atoms with Gasteiger partial charge in [-0.3, -0.25) is 9.59 Å². The molecule has 1 aromatic rings. The molecule has 0 aliphatic rings. The van der Waals surface area contributed by atoms with Gasteiger partial charge in [-0.2, -0.15) is 5.26 Å². The van der Waals surface area contributed by atoms with Gasteiger partial charge in [0.05, 0.1) is 6.07 Å². The molecule has 0 unspecified atom stereocenters. The molecule has 0 radical (unpaired) electrons. The number of halogens is 1. The number of ether oxygens (including phenoxy) is 1. The molecule has 1 rings (SSSR count). The fourth-order valence-electron chi connectivity index (χ4n) is 1.25.